The van der Waals surface area contributed by atoms with Crippen LogP contribution in [-0.4, -0.2) is 153 Å². The Morgan fingerprint density at radius 2 is 1.19 bits per heavy atom. The molecule has 1 unspecified atom stereocenters. The van der Waals surface area contributed by atoms with E-state index in [9.17, 15) is 19.5 Å². The number of carbonyl (C=O) groups is 3. The van der Waals surface area contributed by atoms with E-state index in [0.717, 1.165) is 22.3 Å². The smallest absolute Gasteiger partial charge is 0.327 e. The van der Waals surface area contributed by atoms with Crippen LogP contribution in [0.3, 0.4) is 0 Å². The summed E-state index contributed by atoms with van der Waals surface area (Å²) in [7, 11) is 11.0. The van der Waals surface area contributed by atoms with Gasteiger partial charge in [-0.1, -0.05) is 109 Å². The summed E-state index contributed by atoms with van der Waals surface area (Å²) in [5.74, 6) is 1.04. The molecule has 362 valence electrons. The van der Waals surface area contributed by atoms with Gasteiger partial charge >= 0.3 is 18.1 Å². The highest BCUT2D eigenvalue weighted by atomic mass is 127. The second-order valence-corrected chi connectivity index (χ2v) is 17.6. The number of urea groups is 3. The number of nitrogens with two attached hydrogens (primary N) is 1. The van der Waals surface area contributed by atoms with Crippen molar-refractivity contribution in [3.63, 3.8) is 0 Å². The molecule has 1 saturated heterocycles. The molecular weight excluding hydrogens is 1290 g/mol. The molecule has 1 fully saturated rings. The predicted octanol–water partition coefficient (Wildman–Crippen LogP) is 9.19. The Hall–Kier alpha value is -1.73. The molecular formula is C41H70ClI4N9O8. The molecule has 0 bridgehead atoms. The van der Waals surface area contributed by atoms with E-state index in [2.05, 4.69) is 111 Å². The summed E-state index contributed by atoms with van der Waals surface area (Å²) in [4.78, 5) is 56.0. The van der Waals surface area contributed by atoms with Gasteiger partial charge in [-0.25, -0.2) is 34.2 Å². The van der Waals surface area contributed by atoms with Crippen molar-refractivity contribution >= 4 is 132 Å². The third kappa shape index (κ3) is 28.1. The number of pyridine rings is 3. The lowest BCUT2D eigenvalue weighted by molar-refractivity contribution is -0.109. The second kappa shape index (κ2) is 39.4. The third-order valence-electron chi connectivity index (χ3n) is 8.44. The fourth-order valence-corrected chi connectivity index (χ4v) is 4.52. The van der Waals surface area contributed by atoms with Crippen molar-refractivity contribution in [1.29, 1.82) is 0 Å². The molecule has 0 aliphatic carbocycles. The van der Waals surface area contributed by atoms with Gasteiger partial charge in [0.25, 0.3) is 0 Å². The first-order chi connectivity index (χ1) is 29.2. The number of ether oxygens (including phenoxy) is 4. The number of nitrogens with one attached hydrogen (secondary N) is 1. The van der Waals surface area contributed by atoms with Gasteiger partial charge in [0.05, 0.1) is 22.1 Å². The number of amides is 6. The van der Waals surface area contributed by atoms with Gasteiger partial charge < -0.3 is 44.5 Å². The van der Waals surface area contributed by atoms with Crippen molar-refractivity contribution in [2.75, 3.05) is 91.7 Å². The third-order valence-corrected chi connectivity index (χ3v) is 8.65. The number of nitrogens with zero attached hydrogens (tertiary/aromatic N) is 7. The molecule has 0 radical (unpaired) electrons. The largest absolute Gasteiger partial charge is 0.371 e. The zero-order valence-corrected chi connectivity index (χ0v) is 47.8. The normalized spacial score (nSPS) is 12.1. The van der Waals surface area contributed by atoms with Crippen molar-refractivity contribution in [3.05, 3.63) is 75.3 Å². The Morgan fingerprint density at radius 3 is 1.54 bits per heavy atom. The van der Waals surface area contributed by atoms with Gasteiger partial charge in [0.2, 0.25) is 0 Å². The molecule has 17 nitrogen and oxygen atoms in total. The molecule has 3 aromatic rings. The summed E-state index contributed by atoms with van der Waals surface area (Å²) in [6, 6.07) is 4.54. The van der Waals surface area contributed by atoms with Gasteiger partial charge in [0.1, 0.15) is 16.8 Å². The Kier molecular flexibility index (Phi) is 42.5. The van der Waals surface area contributed by atoms with Gasteiger partial charge in [-0.05, 0) is 103 Å². The lowest BCUT2D eigenvalue weighted by atomic mass is 10.2. The zero-order chi connectivity index (χ0) is 48.7. The monoisotopic (exact) mass is 1360 g/mol. The highest BCUT2D eigenvalue weighted by molar-refractivity contribution is 14.2. The standard InChI is InChI=1S/C13H21N3O3.C11H15N3O2.C7H8ClN.C6H14N2O3.CH2I2.2CH3I.CH4/c1-9-6-11(14-7-10(9)2)15-13(17)16(3)8-12(18-4)19-5;1-7-4-9(12-5-8(7)2)14-10(15)6-13(3)11(14)16;1-5-3-7(8)9-4-6(5)2;1-8(6(7)9)4-5(10-2)11-3;2-1-3;2*1-2;/h6-7,12H,8H2,1-5H3,(H,14,15,17);4-5,10,15H,6H2,1-3H3;3-4H,1-2H3;5H,4H2,1-3H3,(H2,7,9);1H2;2*1H3;1H4. The first-order valence-electron chi connectivity index (χ1n) is 18.4. The topological polar surface area (TPSA) is 198 Å². The summed E-state index contributed by atoms with van der Waals surface area (Å²) < 4.78 is 21.0. The SMILES string of the molecule is C.CI.CI.COC(CN(C)C(=O)Nc1cc(C)c(C)cn1)OC.COC(CN(C)C(N)=O)OC.Cc1cnc(Cl)cc1C.Cc1cnc(N2C(=O)N(C)CC2O)cc1C.ICI. The molecule has 0 saturated carbocycles. The van der Waals surface area contributed by atoms with E-state index < -0.39 is 24.8 Å². The van der Waals surface area contributed by atoms with Crippen LogP contribution in [-0.2, 0) is 18.9 Å². The molecule has 4 heterocycles. The Balaban J connectivity index is -0.000000359. The minimum Gasteiger partial charge on any atom is -0.371 e. The van der Waals surface area contributed by atoms with Crippen LogP contribution >= 0.6 is 102 Å². The van der Waals surface area contributed by atoms with Crippen molar-refractivity contribution in [2.45, 2.75) is 67.8 Å². The van der Waals surface area contributed by atoms with Crippen LogP contribution in [0.5, 0.6) is 0 Å². The number of likely N-dealkylation sites (N-methyl/N-ethyl adjacent to an activating group) is 3. The summed E-state index contributed by atoms with van der Waals surface area (Å²) in [6.07, 6.45) is 3.56. The number of primary amides is 1. The molecule has 0 aromatic carbocycles. The second-order valence-electron chi connectivity index (χ2n) is 12.8. The molecule has 63 heavy (non-hydrogen) atoms. The highest BCUT2D eigenvalue weighted by Crippen LogP contribution is 2.22. The van der Waals surface area contributed by atoms with Crippen LogP contribution in [0.1, 0.15) is 40.8 Å². The van der Waals surface area contributed by atoms with Crippen LogP contribution in [0.25, 0.3) is 0 Å². The maximum absolute atomic E-state index is 11.9. The number of hydrogen-bond acceptors (Lipinski definition) is 11. The Labute approximate surface area is 436 Å². The van der Waals surface area contributed by atoms with E-state index in [1.165, 1.54) is 61.6 Å². The van der Waals surface area contributed by atoms with Gasteiger partial charge in [-0.2, -0.15) is 0 Å². The van der Waals surface area contributed by atoms with Crippen LogP contribution in [0.15, 0.2) is 36.8 Å². The average molecular weight is 1360 g/mol. The number of hydrogen-bond donors (Lipinski definition) is 3. The summed E-state index contributed by atoms with van der Waals surface area (Å²) in [5.41, 5.74) is 11.6. The van der Waals surface area contributed by atoms with E-state index in [4.69, 9.17) is 36.3 Å². The number of anilines is 2. The van der Waals surface area contributed by atoms with Crippen LogP contribution in [0, 0.1) is 41.5 Å². The number of β-amino-alcohol motifs (C(OH)–C–C–N with tert-alkyl or cyclic N) is 1. The molecule has 1 aliphatic rings. The molecule has 22 heteroatoms. The van der Waals surface area contributed by atoms with Gasteiger partial charge in [-0.15, -0.1) is 0 Å². The van der Waals surface area contributed by atoms with Crippen molar-refractivity contribution < 1.29 is 38.4 Å². The quantitative estimate of drug-likeness (QED) is 0.0757. The van der Waals surface area contributed by atoms with Crippen molar-refractivity contribution in [1.82, 2.24) is 29.7 Å². The van der Waals surface area contributed by atoms with E-state index >= 15 is 0 Å². The maximum atomic E-state index is 11.9. The molecule has 1 aliphatic heterocycles. The summed E-state index contributed by atoms with van der Waals surface area (Å²) in [5, 5.41) is 13.1. The molecule has 0 spiro atoms. The van der Waals surface area contributed by atoms with E-state index in [-0.39, 0.29) is 19.5 Å². The number of methoxy groups -OCH3 is 4. The molecule has 4 rings (SSSR count). The average Bonchev–Trinajstić information content (AvgIpc) is 3.51. The van der Waals surface area contributed by atoms with E-state index in [1.807, 2.05) is 69.6 Å². The molecule has 6 amide bonds. The summed E-state index contributed by atoms with van der Waals surface area (Å²) >= 11 is 14.5. The summed E-state index contributed by atoms with van der Waals surface area (Å²) in [6.45, 7) is 12.9. The fraction of sp³-hybridized carbons (Fsp3) is 0.561. The minimum atomic E-state index is -0.813. The predicted molar refractivity (Wildman–Crippen MR) is 292 cm³/mol. The first-order valence-corrected chi connectivity index (χ1v) is 26.1. The lowest BCUT2D eigenvalue weighted by Crippen LogP contribution is -2.39. The number of halogens is 5. The molecule has 1 atom stereocenters. The van der Waals surface area contributed by atoms with Crippen molar-refractivity contribution in [2.24, 2.45) is 5.73 Å². The number of carbonyl (C=O) groups excluding carboxylic acids is 3. The number of alkyl halides is 4. The first kappa shape index (κ1) is 67.9. The van der Waals surface area contributed by atoms with Crippen LogP contribution in [0.4, 0.5) is 26.0 Å². The van der Waals surface area contributed by atoms with Gasteiger partial charge in [0, 0.05) is 68.2 Å². The number of aliphatic hydroxyl groups excluding tert-OH is 1. The Bertz CT molecular complexity index is 1720. The molecule has 3 aromatic heterocycles. The number of aromatic nitrogens is 3. The maximum Gasteiger partial charge on any atom is 0.327 e. The number of aliphatic hydroxyl groups is 1. The number of rotatable bonds is 10. The molecule has 4 N–H and O–H groups in total. The van der Waals surface area contributed by atoms with Gasteiger partial charge in [-0.3, -0.25) is 5.32 Å². The Morgan fingerprint density at radius 1 is 0.794 bits per heavy atom. The van der Waals surface area contributed by atoms with E-state index in [0.29, 0.717) is 36.4 Å². The lowest BCUT2D eigenvalue weighted by Gasteiger charge is -2.22. The highest BCUT2D eigenvalue weighted by Gasteiger charge is 2.35. The van der Waals surface area contributed by atoms with Gasteiger partial charge in [0.15, 0.2) is 18.8 Å². The van der Waals surface area contributed by atoms with Crippen LogP contribution < -0.4 is 16.0 Å². The number of aryl methyl sites for hydroxylation is 6. The van der Waals surface area contributed by atoms with Crippen molar-refractivity contribution in [3.8, 4) is 0 Å². The zero-order valence-electron chi connectivity index (χ0n) is 38.4. The van der Waals surface area contributed by atoms with E-state index in [1.54, 1.807) is 39.7 Å². The minimum absolute atomic E-state index is 0. The fourth-order valence-electron chi connectivity index (χ4n) is 4.31. The van der Waals surface area contributed by atoms with Crippen LogP contribution in [0.2, 0.25) is 5.15 Å².